The van der Waals surface area contributed by atoms with Crippen LogP contribution in [0.3, 0.4) is 0 Å². The number of nitrogens with zero attached hydrogens (tertiary/aromatic N) is 4. The monoisotopic (exact) mass is 274 g/mol. The molecule has 0 fully saturated rings. The van der Waals surface area contributed by atoms with Crippen molar-refractivity contribution in [2.24, 2.45) is 0 Å². The molecule has 1 heterocycles. The maximum absolute atomic E-state index is 12.0. The van der Waals surface area contributed by atoms with Gasteiger partial charge in [0, 0.05) is 7.05 Å². The topological polar surface area (TPSA) is 77.3 Å². The molecule has 20 heavy (non-hydrogen) atoms. The van der Waals surface area contributed by atoms with Crippen molar-refractivity contribution in [3.63, 3.8) is 0 Å². The molecule has 2 rings (SSSR count). The van der Waals surface area contributed by atoms with Crippen molar-refractivity contribution in [3.05, 3.63) is 42.2 Å². The largest absolute Gasteiger partial charge is 0.468 e. The highest BCUT2D eigenvalue weighted by molar-refractivity contribution is 5.93. The molecule has 2 aromatic rings. The van der Waals surface area contributed by atoms with Crippen molar-refractivity contribution < 1.29 is 14.3 Å². The molecule has 0 bridgehead atoms. The fraction of sp³-hybridized carbons (Fsp3) is 0.231. The second-order valence-corrected chi connectivity index (χ2v) is 4.12. The lowest BCUT2D eigenvalue weighted by molar-refractivity contribution is -0.141. The van der Waals surface area contributed by atoms with Crippen LogP contribution in [0.2, 0.25) is 0 Å². The van der Waals surface area contributed by atoms with Gasteiger partial charge in [0.1, 0.15) is 6.54 Å². The summed E-state index contributed by atoms with van der Waals surface area (Å²) in [6.07, 6.45) is 1.52. The summed E-state index contributed by atoms with van der Waals surface area (Å²) in [5, 5.41) is 7.71. The predicted molar refractivity (Wildman–Crippen MR) is 70.3 cm³/mol. The van der Waals surface area contributed by atoms with Gasteiger partial charge in [-0.1, -0.05) is 23.4 Å². The number of benzene rings is 1. The van der Waals surface area contributed by atoms with Crippen molar-refractivity contribution in [2.45, 2.75) is 0 Å². The lowest BCUT2D eigenvalue weighted by atomic mass is 10.3. The zero-order valence-corrected chi connectivity index (χ0v) is 11.2. The first-order valence-corrected chi connectivity index (χ1v) is 5.92. The summed E-state index contributed by atoms with van der Waals surface area (Å²) in [5.41, 5.74) is 0.968. The molecule has 7 nitrogen and oxygen atoms in total. The third kappa shape index (κ3) is 3.00. The van der Waals surface area contributed by atoms with Gasteiger partial charge in [-0.05, 0) is 12.1 Å². The Morgan fingerprint density at radius 3 is 2.65 bits per heavy atom. The minimum absolute atomic E-state index is 0.131. The molecule has 1 aromatic heterocycles. The molecular weight excluding hydrogens is 260 g/mol. The SMILES string of the molecule is COC(=O)CN(C)C(=O)c1cn(-c2ccccc2)nn1. The summed E-state index contributed by atoms with van der Waals surface area (Å²) in [6, 6.07) is 9.31. The molecule has 104 valence electrons. The smallest absolute Gasteiger partial charge is 0.325 e. The van der Waals surface area contributed by atoms with Gasteiger partial charge in [-0.15, -0.1) is 5.10 Å². The maximum Gasteiger partial charge on any atom is 0.325 e. The molecular formula is C13H14N4O3. The van der Waals surface area contributed by atoms with Gasteiger partial charge < -0.3 is 9.64 Å². The van der Waals surface area contributed by atoms with E-state index in [1.807, 2.05) is 30.3 Å². The van der Waals surface area contributed by atoms with E-state index in [0.29, 0.717) is 0 Å². The van der Waals surface area contributed by atoms with E-state index in [1.165, 1.54) is 29.9 Å². The Hall–Kier alpha value is -2.70. The molecule has 0 aliphatic rings. The van der Waals surface area contributed by atoms with Gasteiger partial charge in [0.2, 0.25) is 0 Å². The summed E-state index contributed by atoms with van der Waals surface area (Å²) < 4.78 is 6.01. The third-order valence-electron chi connectivity index (χ3n) is 2.67. The first-order valence-electron chi connectivity index (χ1n) is 5.92. The van der Waals surface area contributed by atoms with Gasteiger partial charge in [0.05, 0.1) is 19.0 Å². The number of likely N-dealkylation sites (N-methyl/N-ethyl adjacent to an activating group) is 1. The molecule has 0 N–H and O–H groups in total. The number of carbonyl (C=O) groups is 2. The van der Waals surface area contributed by atoms with Crippen LogP contribution in [0.5, 0.6) is 0 Å². The van der Waals surface area contributed by atoms with E-state index in [2.05, 4.69) is 15.0 Å². The highest BCUT2D eigenvalue weighted by Gasteiger charge is 2.18. The normalized spacial score (nSPS) is 10.1. The number of rotatable bonds is 4. The molecule has 0 spiro atoms. The lowest BCUT2D eigenvalue weighted by Gasteiger charge is -2.13. The van der Waals surface area contributed by atoms with Crippen molar-refractivity contribution in [2.75, 3.05) is 20.7 Å². The molecule has 0 saturated heterocycles. The molecule has 1 amide bonds. The standard InChI is InChI=1S/C13H14N4O3/c1-16(9-12(18)20-2)13(19)11-8-17(15-14-11)10-6-4-3-5-7-10/h3-8H,9H2,1-2H3. The first kappa shape index (κ1) is 13.7. The third-order valence-corrected chi connectivity index (χ3v) is 2.67. The van der Waals surface area contributed by atoms with Crippen LogP contribution >= 0.6 is 0 Å². The van der Waals surface area contributed by atoms with E-state index in [-0.39, 0.29) is 12.2 Å². The van der Waals surface area contributed by atoms with E-state index in [1.54, 1.807) is 0 Å². The number of para-hydroxylation sites is 1. The second-order valence-electron chi connectivity index (χ2n) is 4.12. The van der Waals surface area contributed by atoms with E-state index in [9.17, 15) is 9.59 Å². The molecule has 0 atom stereocenters. The quantitative estimate of drug-likeness (QED) is 0.759. The van der Waals surface area contributed by atoms with Gasteiger partial charge in [-0.25, -0.2) is 4.68 Å². The van der Waals surface area contributed by atoms with Crippen molar-refractivity contribution >= 4 is 11.9 Å². The summed E-state index contributed by atoms with van der Waals surface area (Å²) >= 11 is 0. The Bertz CT molecular complexity index is 609. The summed E-state index contributed by atoms with van der Waals surface area (Å²) in [4.78, 5) is 24.4. The number of hydrogen-bond acceptors (Lipinski definition) is 5. The van der Waals surface area contributed by atoms with E-state index in [0.717, 1.165) is 5.69 Å². The number of aromatic nitrogens is 3. The Morgan fingerprint density at radius 2 is 2.00 bits per heavy atom. The maximum atomic E-state index is 12.0. The van der Waals surface area contributed by atoms with Crippen molar-refractivity contribution in [1.29, 1.82) is 0 Å². The number of carbonyl (C=O) groups excluding carboxylic acids is 2. The van der Waals surface area contributed by atoms with Crippen molar-refractivity contribution in [3.8, 4) is 5.69 Å². The van der Waals surface area contributed by atoms with Gasteiger partial charge >= 0.3 is 5.97 Å². The van der Waals surface area contributed by atoms with Crippen LogP contribution in [0.15, 0.2) is 36.5 Å². The van der Waals surface area contributed by atoms with Crippen LogP contribution < -0.4 is 0 Å². The van der Waals surface area contributed by atoms with Gasteiger partial charge in [-0.2, -0.15) is 0 Å². The Balaban J connectivity index is 2.12. The lowest BCUT2D eigenvalue weighted by Crippen LogP contribution is -2.32. The Morgan fingerprint density at radius 1 is 1.30 bits per heavy atom. The number of ether oxygens (including phenoxy) is 1. The van der Waals surface area contributed by atoms with E-state index in [4.69, 9.17) is 0 Å². The predicted octanol–water partition coefficient (Wildman–Crippen LogP) is 0.512. The van der Waals surface area contributed by atoms with Gasteiger partial charge in [0.15, 0.2) is 5.69 Å². The van der Waals surface area contributed by atoms with Crippen LogP contribution in [0.25, 0.3) is 5.69 Å². The minimum Gasteiger partial charge on any atom is -0.468 e. The van der Waals surface area contributed by atoms with Crippen molar-refractivity contribution in [1.82, 2.24) is 19.9 Å². The Labute approximate surface area is 115 Å². The first-order chi connectivity index (χ1) is 9.61. The summed E-state index contributed by atoms with van der Waals surface area (Å²) in [5.74, 6) is -0.881. The van der Waals surface area contributed by atoms with E-state index < -0.39 is 11.9 Å². The zero-order valence-electron chi connectivity index (χ0n) is 11.2. The molecule has 1 aromatic carbocycles. The summed E-state index contributed by atoms with van der Waals surface area (Å²) in [6.45, 7) is -0.131. The Kier molecular flexibility index (Phi) is 4.09. The number of esters is 1. The second kappa shape index (κ2) is 5.96. The van der Waals surface area contributed by atoms with E-state index >= 15 is 0 Å². The molecule has 0 unspecified atom stereocenters. The molecule has 0 saturated carbocycles. The van der Waals surface area contributed by atoms with Crippen LogP contribution in [0.4, 0.5) is 0 Å². The fourth-order valence-corrected chi connectivity index (χ4v) is 1.59. The van der Waals surface area contributed by atoms with Crippen LogP contribution in [0, 0.1) is 0 Å². The average Bonchev–Trinajstić information content (AvgIpc) is 2.97. The highest BCUT2D eigenvalue weighted by atomic mass is 16.5. The summed E-state index contributed by atoms with van der Waals surface area (Å²) in [7, 11) is 2.77. The molecule has 0 aliphatic heterocycles. The average molecular weight is 274 g/mol. The van der Waals surface area contributed by atoms with Gasteiger partial charge in [-0.3, -0.25) is 9.59 Å². The molecule has 0 radical (unpaired) electrons. The van der Waals surface area contributed by atoms with Gasteiger partial charge in [0.25, 0.3) is 5.91 Å². The van der Waals surface area contributed by atoms with Crippen LogP contribution in [0.1, 0.15) is 10.5 Å². The highest BCUT2D eigenvalue weighted by Crippen LogP contribution is 2.07. The molecule has 0 aliphatic carbocycles. The minimum atomic E-state index is -0.490. The number of methoxy groups -OCH3 is 1. The van der Waals surface area contributed by atoms with Crippen LogP contribution in [-0.4, -0.2) is 52.5 Å². The number of hydrogen-bond donors (Lipinski definition) is 0. The van der Waals surface area contributed by atoms with Crippen LogP contribution in [-0.2, 0) is 9.53 Å². The fourth-order valence-electron chi connectivity index (χ4n) is 1.59. The zero-order chi connectivity index (χ0) is 14.5. The number of amides is 1. The molecule has 7 heteroatoms.